The zero-order valence-corrected chi connectivity index (χ0v) is 10.1. The van der Waals surface area contributed by atoms with Gasteiger partial charge in [-0.1, -0.05) is 34.1 Å². The summed E-state index contributed by atoms with van der Waals surface area (Å²) < 4.78 is 0. The lowest BCUT2D eigenvalue weighted by Crippen LogP contribution is -2.23. The molecule has 2 rings (SSSR count). The van der Waals surface area contributed by atoms with Gasteiger partial charge in [0.05, 0.1) is 11.1 Å². The number of benzene rings is 1. The highest BCUT2D eigenvalue weighted by molar-refractivity contribution is 9.09. The average molecular weight is 280 g/mol. The molecule has 2 amide bonds. The van der Waals surface area contributed by atoms with Gasteiger partial charge < -0.3 is 0 Å². The summed E-state index contributed by atoms with van der Waals surface area (Å²) in [5.41, 5.74) is 0.965. The number of carbonyl (C=O) groups is 2. The van der Waals surface area contributed by atoms with Crippen molar-refractivity contribution in [3.8, 4) is 0 Å². The molecule has 1 aromatic carbocycles. The van der Waals surface area contributed by atoms with Crippen molar-refractivity contribution in [3.05, 3.63) is 47.7 Å². The maximum absolute atomic E-state index is 11.8. The molecule has 1 aromatic rings. The minimum atomic E-state index is -0.244. The monoisotopic (exact) mass is 279 g/mol. The quantitative estimate of drug-likeness (QED) is 0.630. The number of allylic oxidation sites excluding steroid dienone is 1. The van der Waals surface area contributed by atoms with Gasteiger partial charge in [0.25, 0.3) is 11.8 Å². The Morgan fingerprint density at radius 2 is 1.69 bits per heavy atom. The van der Waals surface area contributed by atoms with Crippen LogP contribution in [0.4, 0.5) is 0 Å². The molecular formula is C12H10BrNO2. The van der Waals surface area contributed by atoms with Crippen molar-refractivity contribution in [1.29, 1.82) is 0 Å². The van der Waals surface area contributed by atoms with Crippen LogP contribution in [-0.2, 0) is 0 Å². The maximum Gasteiger partial charge on any atom is 0.265 e. The summed E-state index contributed by atoms with van der Waals surface area (Å²) in [6, 6.07) is 6.87. The van der Waals surface area contributed by atoms with E-state index in [1.165, 1.54) is 0 Å². The van der Waals surface area contributed by atoms with E-state index in [-0.39, 0.29) is 11.8 Å². The number of hydrogen-bond donors (Lipinski definition) is 0. The van der Waals surface area contributed by atoms with Crippen LogP contribution >= 0.6 is 15.9 Å². The fourth-order valence-electron chi connectivity index (χ4n) is 1.59. The van der Waals surface area contributed by atoms with Gasteiger partial charge in [-0.25, -0.2) is 4.90 Å². The zero-order chi connectivity index (χ0) is 11.5. The van der Waals surface area contributed by atoms with E-state index in [1.54, 1.807) is 36.5 Å². The van der Waals surface area contributed by atoms with Gasteiger partial charge in [-0.3, -0.25) is 9.59 Å². The van der Waals surface area contributed by atoms with Gasteiger partial charge in [0.1, 0.15) is 0 Å². The predicted octanol–water partition coefficient (Wildman–Crippen LogP) is 2.58. The first-order valence-electron chi connectivity index (χ1n) is 4.95. The number of rotatable bonds is 3. The first kappa shape index (κ1) is 11.1. The van der Waals surface area contributed by atoms with Crippen LogP contribution in [0, 0.1) is 0 Å². The normalized spacial score (nSPS) is 14.9. The molecule has 0 spiro atoms. The fourth-order valence-corrected chi connectivity index (χ4v) is 1.85. The van der Waals surface area contributed by atoms with E-state index in [0.29, 0.717) is 11.1 Å². The Bertz CT molecular complexity index is 433. The molecule has 16 heavy (non-hydrogen) atoms. The highest BCUT2D eigenvalue weighted by Gasteiger charge is 2.33. The summed E-state index contributed by atoms with van der Waals surface area (Å²) in [5, 5.41) is 0.812. The molecular weight excluding hydrogens is 270 g/mol. The van der Waals surface area contributed by atoms with E-state index in [1.807, 2.05) is 0 Å². The van der Waals surface area contributed by atoms with Crippen LogP contribution in [0.3, 0.4) is 0 Å². The summed E-state index contributed by atoms with van der Waals surface area (Å²) in [4.78, 5) is 24.8. The van der Waals surface area contributed by atoms with Crippen molar-refractivity contribution < 1.29 is 9.59 Å². The van der Waals surface area contributed by atoms with E-state index in [9.17, 15) is 9.59 Å². The molecule has 0 saturated heterocycles. The van der Waals surface area contributed by atoms with E-state index in [2.05, 4.69) is 15.9 Å². The second-order valence-electron chi connectivity index (χ2n) is 3.39. The molecule has 0 aromatic heterocycles. The lowest BCUT2D eigenvalue weighted by atomic mass is 10.1. The van der Waals surface area contributed by atoms with Crippen molar-refractivity contribution in [2.24, 2.45) is 0 Å². The van der Waals surface area contributed by atoms with E-state index in [0.717, 1.165) is 16.7 Å². The van der Waals surface area contributed by atoms with Crippen molar-refractivity contribution in [2.75, 3.05) is 5.33 Å². The average Bonchev–Trinajstić information content (AvgIpc) is 2.55. The second-order valence-corrected chi connectivity index (χ2v) is 4.18. The third-order valence-corrected chi connectivity index (χ3v) is 2.81. The van der Waals surface area contributed by atoms with Gasteiger partial charge in [0, 0.05) is 11.5 Å². The molecule has 0 fully saturated rings. The van der Waals surface area contributed by atoms with Crippen LogP contribution in [0.5, 0.6) is 0 Å². The number of fused-ring (bicyclic) bond motifs is 1. The predicted molar refractivity (Wildman–Crippen MR) is 64.5 cm³/mol. The Hall–Kier alpha value is -1.42. The second kappa shape index (κ2) is 4.61. The first-order chi connectivity index (χ1) is 7.75. The molecule has 0 unspecified atom stereocenters. The molecule has 82 valence electrons. The standard InChI is InChI=1S/C12H10BrNO2/c13-7-3-4-8-14-11(15)9-5-1-2-6-10(9)12(14)16/h1-2,4-6,8H,3,7H2/b8-4+. The van der Waals surface area contributed by atoms with Crippen LogP contribution in [0.15, 0.2) is 36.5 Å². The summed E-state index contributed by atoms with van der Waals surface area (Å²) in [6.07, 6.45) is 4.13. The highest BCUT2D eigenvalue weighted by Crippen LogP contribution is 2.22. The topological polar surface area (TPSA) is 37.4 Å². The van der Waals surface area contributed by atoms with Crippen molar-refractivity contribution in [2.45, 2.75) is 6.42 Å². The van der Waals surface area contributed by atoms with Gasteiger partial charge >= 0.3 is 0 Å². The largest absolute Gasteiger partial charge is 0.268 e. The number of hydrogen-bond acceptors (Lipinski definition) is 2. The molecule has 0 bridgehead atoms. The number of halogens is 1. The molecule has 0 aliphatic carbocycles. The molecule has 1 aliphatic heterocycles. The summed E-state index contributed by atoms with van der Waals surface area (Å²) in [6.45, 7) is 0. The Labute approximate surface area is 102 Å². The number of carbonyl (C=O) groups excluding carboxylic acids is 2. The molecule has 0 N–H and O–H groups in total. The molecule has 4 heteroatoms. The minimum Gasteiger partial charge on any atom is -0.268 e. The van der Waals surface area contributed by atoms with Gasteiger partial charge in [-0.2, -0.15) is 0 Å². The lowest BCUT2D eigenvalue weighted by molar-refractivity contribution is 0.0721. The molecule has 0 radical (unpaired) electrons. The molecule has 0 saturated carbocycles. The first-order valence-corrected chi connectivity index (χ1v) is 6.07. The third kappa shape index (κ3) is 1.80. The van der Waals surface area contributed by atoms with Crippen molar-refractivity contribution in [1.82, 2.24) is 4.90 Å². The number of imide groups is 1. The summed E-state index contributed by atoms with van der Waals surface area (Å²) in [7, 11) is 0. The van der Waals surface area contributed by atoms with Gasteiger partial charge in [0.2, 0.25) is 0 Å². The molecule has 1 aliphatic rings. The van der Waals surface area contributed by atoms with E-state index in [4.69, 9.17) is 0 Å². The van der Waals surface area contributed by atoms with Crippen LogP contribution in [-0.4, -0.2) is 22.0 Å². The van der Waals surface area contributed by atoms with Crippen LogP contribution in [0.2, 0.25) is 0 Å². The molecule has 1 heterocycles. The van der Waals surface area contributed by atoms with Gasteiger partial charge in [-0.05, 0) is 18.6 Å². The van der Waals surface area contributed by atoms with Crippen LogP contribution in [0.25, 0.3) is 0 Å². The van der Waals surface area contributed by atoms with Crippen LogP contribution in [0.1, 0.15) is 27.1 Å². The van der Waals surface area contributed by atoms with Crippen LogP contribution < -0.4 is 0 Å². The zero-order valence-electron chi connectivity index (χ0n) is 8.52. The Balaban J connectivity index is 2.28. The Kier molecular flexibility index (Phi) is 3.19. The fraction of sp³-hybridized carbons (Fsp3) is 0.167. The third-order valence-electron chi connectivity index (χ3n) is 2.36. The smallest absolute Gasteiger partial charge is 0.265 e. The van der Waals surface area contributed by atoms with E-state index < -0.39 is 0 Å². The maximum atomic E-state index is 11.8. The van der Waals surface area contributed by atoms with Gasteiger partial charge in [-0.15, -0.1) is 0 Å². The number of amides is 2. The Morgan fingerprint density at radius 3 is 2.19 bits per heavy atom. The van der Waals surface area contributed by atoms with Crippen molar-refractivity contribution >= 4 is 27.7 Å². The Morgan fingerprint density at radius 1 is 1.12 bits per heavy atom. The lowest BCUT2D eigenvalue weighted by Gasteiger charge is -2.06. The highest BCUT2D eigenvalue weighted by atomic mass is 79.9. The minimum absolute atomic E-state index is 0.244. The molecule has 0 atom stereocenters. The number of alkyl halides is 1. The molecule has 3 nitrogen and oxygen atoms in total. The van der Waals surface area contributed by atoms with Gasteiger partial charge in [0.15, 0.2) is 0 Å². The van der Waals surface area contributed by atoms with E-state index >= 15 is 0 Å². The summed E-state index contributed by atoms with van der Waals surface area (Å²) in [5.74, 6) is -0.488. The van der Waals surface area contributed by atoms with Crippen molar-refractivity contribution in [3.63, 3.8) is 0 Å². The summed E-state index contributed by atoms with van der Waals surface area (Å²) >= 11 is 3.28. The SMILES string of the molecule is O=C1c2ccccc2C(=O)N1/C=C/CCBr. The number of nitrogens with zero attached hydrogens (tertiary/aromatic N) is 1.